The van der Waals surface area contributed by atoms with Gasteiger partial charge in [-0.3, -0.25) is 4.79 Å². The Hall–Kier alpha value is -2.42. The van der Waals surface area contributed by atoms with Crippen LogP contribution in [0.25, 0.3) is 0 Å². The Balaban J connectivity index is 2.01. The molecule has 0 radical (unpaired) electrons. The van der Waals surface area contributed by atoms with Crippen LogP contribution in [-0.4, -0.2) is 23.9 Å². The van der Waals surface area contributed by atoms with Gasteiger partial charge in [0.25, 0.3) is 0 Å². The number of rotatable bonds is 3. The number of carbonyl (C=O) groups is 1. The third-order valence-corrected chi connectivity index (χ3v) is 6.92. The molecule has 1 aliphatic carbocycles. The van der Waals surface area contributed by atoms with Gasteiger partial charge in [-0.2, -0.15) is 0 Å². The van der Waals surface area contributed by atoms with Gasteiger partial charge in [0.05, 0.1) is 5.41 Å². The molecule has 28 heavy (non-hydrogen) atoms. The predicted molar refractivity (Wildman–Crippen MR) is 115 cm³/mol. The van der Waals surface area contributed by atoms with E-state index in [1.54, 1.807) is 0 Å². The molecule has 146 valence electrons. The van der Waals surface area contributed by atoms with Crippen LogP contribution in [0.2, 0.25) is 0 Å². The van der Waals surface area contributed by atoms with Crippen LogP contribution in [0.15, 0.2) is 70.1 Å². The van der Waals surface area contributed by atoms with Gasteiger partial charge in [0.2, 0.25) is 0 Å². The molecule has 2 atom stereocenters. The summed E-state index contributed by atoms with van der Waals surface area (Å²) in [6.45, 7) is 10.8. The fourth-order valence-electron chi connectivity index (χ4n) is 5.31. The Morgan fingerprint density at radius 1 is 1.25 bits per heavy atom. The lowest BCUT2D eigenvalue weighted by atomic mass is 9.59. The molecular formula is C25H30N2O. The number of allylic oxidation sites excluding steroid dienone is 4. The first-order chi connectivity index (χ1) is 13.4. The van der Waals surface area contributed by atoms with E-state index in [9.17, 15) is 4.79 Å². The van der Waals surface area contributed by atoms with Gasteiger partial charge < -0.3 is 4.90 Å². The van der Waals surface area contributed by atoms with Crippen LogP contribution >= 0.6 is 0 Å². The second-order valence-corrected chi connectivity index (χ2v) is 8.74. The first-order valence-electron chi connectivity index (χ1n) is 10.4. The molecule has 0 saturated heterocycles. The van der Waals surface area contributed by atoms with E-state index in [1.807, 2.05) is 12.3 Å². The van der Waals surface area contributed by atoms with E-state index in [2.05, 4.69) is 63.6 Å². The maximum absolute atomic E-state index is 13.6. The second kappa shape index (κ2) is 6.88. The summed E-state index contributed by atoms with van der Waals surface area (Å²) in [6.07, 6.45) is 5.09. The van der Waals surface area contributed by atoms with Crippen LogP contribution in [0.1, 0.15) is 52.0 Å². The smallest absolute Gasteiger partial charge is 0.162 e. The molecule has 0 saturated carbocycles. The molecule has 1 aromatic rings. The Morgan fingerprint density at radius 3 is 2.61 bits per heavy atom. The molecule has 2 aliphatic heterocycles. The SMILES string of the molecule is C=C1C=NC2=C(C1)[C@@](CC)(c1ccccc1)C1=C(C[C@H](C(C)C)CC1=O)N2C. The van der Waals surface area contributed by atoms with Gasteiger partial charge in [-0.15, -0.1) is 0 Å². The zero-order valence-corrected chi connectivity index (χ0v) is 17.5. The van der Waals surface area contributed by atoms with Gasteiger partial charge in [0.15, 0.2) is 5.78 Å². The van der Waals surface area contributed by atoms with Crippen LogP contribution in [0.5, 0.6) is 0 Å². The lowest BCUT2D eigenvalue weighted by molar-refractivity contribution is -0.118. The van der Waals surface area contributed by atoms with Crippen molar-refractivity contribution in [3.63, 3.8) is 0 Å². The summed E-state index contributed by atoms with van der Waals surface area (Å²) in [4.78, 5) is 20.6. The molecule has 3 nitrogen and oxygen atoms in total. The fraction of sp³-hybridized carbons (Fsp3) is 0.440. The van der Waals surface area contributed by atoms with Crippen molar-refractivity contribution in [1.29, 1.82) is 0 Å². The summed E-state index contributed by atoms with van der Waals surface area (Å²) in [5, 5.41) is 0. The second-order valence-electron chi connectivity index (χ2n) is 8.74. The number of Topliss-reactive ketones (excluding diaryl/α,β-unsaturated/α-hetero) is 1. The summed E-state index contributed by atoms with van der Waals surface area (Å²) in [5.41, 5.74) is 5.21. The Labute approximate surface area is 168 Å². The van der Waals surface area contributed by atoms with Gasteiger partial charge in [-0.05, 0) is 47.8 Å². The number of hydrogen-bond donors (Lipinski definition) is 0. The zero-order valence-electron chi connectivity index (χ0n) is 17.5. The maximum Gasteiger partial charge on any atom is 0.162 e. The van der Waals surface area contributed by atoms with E-state index in [1.165, 1.54) is 16.8 Å². The van der Waals surface area contributed by atoms with Crippen molar-refractivity contribution in [2.45, 2.75) is 51.9 Å². The van der Waals surface area contributed by atoms with Crippen molar-refractivity contribution >= 4 is 12.0 Å². The third kappa shape index (κ3) is 2.63. The molecular weight excluding hydrogens is 344 g/mol. The normalized spacial score (nSPS) is 27.5. The Kier molecular flexibility index (Phi) is 4.65. The van der Waals surface area contributed by atoms with Crippen LogP contribution in [-0.2, 0) is 10.2 Å². The number of benzene rings is 1. The van der Waals surface area contributed by atoms with Crippen molar-refractivity contribution in [2.24, 2.45) is 16.8 Å². The van der Waals surface area contributed by atoms with E-state index in [0.29, 0.717) is 24.0 Å². The summed E-state index contributed by atoms with van der Waals surface area (Å²) in [5.74, 6) is 2.20. The number of aliphatic imine (C=N–C) groups is 1. The first-order valence-corrected chi connectivity index (χ1v) is 10.4. The summed E-state index contributed by atoms with van der Waals surface area (Å²) in [7, 11) is 2.08. The molecule has 0 aromatic heterocycles. The number of carbonyl (C=O) groups excluding carboxylic acids is 1. The Morgan fingerprint density at radius 2 is 1.96 bits per heavy atom. The van der Waals surface area contributed by atoms with Crippen molar-refractivity contribution in [3.8, 4) is 0 Å². The van der Waals surface area contributed by atoms with E-state index in [0.717, 1.165) is 36.2 Å². The molecule has 4 rings (SSSR count). The molecule has 3 aliphatic rings. The maximum atomic E-state index is 13.6. The van der Waals surface area contributed by atoms with Gasteiger partial charge >= 0.3 is 0 Å². The minimum absolute atomic E-state index is 0.309. The standard InChI is InChI=1S/C25H30N2O/c1-6-25(19-10-8-7-9-11-19)20-12-17(4)15-26-24(20)27(5)21-13-18(16(2)3)14-22(28)23(21)25/h7-11,15-16,18H,4,6,12-14H2,1-3,5H3/t18-,25+/m0/s1. The molecule has 1 aromatic carbocycles. The largest absolute Gasteiger partial charge is 0.333 e. The quantitative estimate of drug-likeness (QED) is 0.708. The van der Waals surface area contributed by atoms with Crippen molar-refractivity contribution in [3.05, 3.63) is 70.7 Å². The number of ketones is 1. The van der Waals surface area contributed by atoms with E-state index < -0.39 is 5.41 Å². The zero-order chi connectivity index (χ0) is 20.1. The highest BCUT2D eigenvalue weighted by Gasteiger charge is 2.51. The lowest BCUT2D eigenvalue weighted by Crippen LogP contribution is -2.46. The third-order valence-electron chi connectivity index (χ3n) is 6.92. The predicted octanol–water partition coefficient (Wildman–Crippen LogP) is 5.41. The fourth-order valence-corrected chi connectivity index (χ4v) is 5.31. The highest BCUT2D eigenvalue weighted by molar-refractivity contribution is 6.01. The molecule has 0 unspecified atom stereocenters. The number of hydrogen-bond acceptors (Lipinski definition) is 3. The molecule has 0 bridgehead atoms. The van der Waals surface area contributed by atoms with Gasteiger partial charge in [-0.1, -0.05) is 57.7 Å². The van der Waals surface area contributed by atoms with Gasteiger partial charge in [0, 0.05) is 31.0 Å². The summed E-state index contributed by atoms with van der Waals surface area (Å²) >= 11 is 0. The topological polar surface area (TPSA) is 32.7 Å². The average Bonchev–Trinajstić information content (AvgIpc) is 2.69. The van der Waals surface area contributed by atoms with E-state index in [-0.39, 0.29) is 0 Å². The lowest BCUT2D eigenvalue weighted by Gasteiger charge is -2.49. The van der Waals surface area contributed by atoms with E-state index >= 15 is 0 Å². The average molecular weight is 375 g/mol. The molecule has 2 heterocycles. The summed E-state index contributed by atoms with van der Waals surface area (Å²) in [6, 6.07) is 10.6. The monoisotopic (exact) mass is 374 g/mol. The minimum atomic E-state index is -0.405. The van der Waals surface area contributed by atoms with Crippen LogP contribution in [0.4, 0.5) is 0 Å². The van der Waals surface area contributed by atoms with Gasteiger partial charge in [0.1, 0.15) is 5.82 Å². The minimum Gasteiger partial charge on any atom is -0.333 e. The van der Waals surface area contributed by atoms with Crippen LogP contribution < -0.4 is 0 Å². The summed E-state index contributed by atoms with van der Waals surface area (Å²) < 4.78 is 0. The molecule has 0 N–H and O–H groups in total. The number of nitrogens with zero attached hydrogens (tertiary/aromatic N) is 2. The van der Waals surface area contributed by atoms with Crippen LogP contribution in [0.3, 0.4) is 0 Å². The Bertz CT molecular complexity index is 919. The van der Waals surface area contributed by atoms with E-state index in [4.69, 9.17) is 4.99 Å². The molecule has 0 amide bonds. The van der Waals surface area contributed by atoms with Crippen molar-refractivity contribution < 1.29 is 4.79 Å². The first kappa shape index (κ1) is 18.9. The van der Waals surface area contributed by atoms with Crippen molar-refractivity contribution in [1.82, 2.24) is 4.90 Å². The molecule has 0 spiro atoms. The molecule has 3 heteroatoms. The highest BCUT2D eigenvalue weighted by atomic mass is 16.1. The highest BCUT2D eigenvalue weighted by Crippen LogP contribution is 2.55. The van der Waals surface area contributed by atoms with Gasteiger partial charge in [-0.25, -0.2) is 4.99 Å². The van der Waals surface area contributed by atoms with Crippen LogP contribution in [0, 0.1) is 11.8 Å². The van der Waals surface area contributed by atoms with Crippen molar-refractivity contribution in [2.75, 3.05) is 7.05 Å². The molecule has 0 fully saturated rings.